The minimum absolute atomic E-state index is 0.0364. The summed E-state index contributed by atoms with van der Waals surface area (Å²) in [7, 11) is 0. The Morgan fingerprint density at radius 3 is 1.23 bits per heavy atom. The molecule has 0 aromatic rings. The van der Waals surface area contributed by atoms with Crippen LogP contribution in [0.15, 0.2) is 134 Å². The summed E-state index contributed by atoms with van der Waals surface area (Å²) in [6.45, 7) is 5.66. The van der Waals surface area contributed by atoms with E-state index in [0.717, 1.165) is 116 Å². The maximum Gasteiger partial charge on any atom is 0.335 e. The molecule has 6 atom stereocenters. The van der Waals surface area contributed by atoms with Crippen LogP contribution in [0, 0.1) is 0 Å². The fraction of sp³-hybridized carbons (Fsp3) is 0.623. The third-order valence-electron chi connectivity index (χ3n) is 13.2. The number of ether oxygens (including phenoxy) is 5. The first-order valence-corrected chi connectivity index (χ1v) is 31.2. The number of allylic oxidation sites excluding steroid dienone is 22. The Bertz CT molecular complexity index is 1920. The van der Waals surface area contributed by atoms with Gasteiger partial charge in [0.05, 0.1) is 6.61 Å². The Labute approximate surface area is 490 Å². The number of aliphatic hydroxyl groups excluding tert-OH is 2. The van der Waals surface area contributed by atoms with Gasteiger partial charge in [-0.25, -0.2) is 4.79 Å². The van der Waals surface area contributed by atoms with Crippen LogP contribution in [0.5, 0.6) is 0 Å². The zero-order valence-corrected chi connectivity index (χ0v) is 50.2. The number of carbonyl (C=O) groups excluding carboxylic acids is 3. The minimum Gasteiger partial charge on any atom is -0.479 e. The lowest BCUT2D eigenvalue weighted by molar-refractivity contribution is -0.301. The molecule has 1 heterocycles. The van der Waals surface area contributed by atoms with E-state index < -0.39 is 67.3 Å². The van der Waals surface area contributed by atoms with Crippen molar-refractivity contribution >= 4 is 23.9 Å². The standard InChI is InChI=1S/C69H108O12/c1-4-7-10-13-16-19-22-25-28-31-34-37-40-43-46-49-52-55-61(70)77-58-60(79-62(71)56-53-50-47-44-41-38-35-32-29-26-23-20-17-14-11-8-5-2)59-78-69-67(65(74)64(73)66(81-69)68(75)76)80-63(72)57-54-51-48-45-42-39-36-33-30-27-24-21-18-15-12-9-6-3/h7-8,10-11,16-17,19-20,25-30,34-35,37-38,43-44,46-47,60,64-67,69,73-74H,4-6,9,12-15,18,21-24,31-33,36,39-42,45,48-59H2,1-3H3,(H,75,76)/b10-7-,11-8-,19-16-,20-17-,28-25-,29-26-,30-27-,37-34-,38-35-,46-43-,47-44-. The van der Waals surface area contributed by atoms with Crippen LogP contribution in [-0.2, 0) is 42.9 Å². The minimum atomic E-state index is -1.93. The second-order valence-electron chi connectivity index (χ2n) is 20.6. The van der Waals surface area contributed by atoms with Crippen molar-refractivity contribution in [2.24, 2.45) is 0 Å². The average molecular weight is 1130 g/mol. The van der Waals surface area contributed by atoms with Crippen molar-refractivity contribution in [3.05, 3.63) is 134 Å². The molecule has 81 heavy (non-hydrogen) atoms. The van der Waals surface area contributed by atoms with Gasteiger partial charge in [0.1, 0.15) is 18.8 Å². The van der Waals surface area contributed by atoms with E-state index in [1.807, 2.05) is 18.2 Å². The first kappa shape index (κ1) is 73.9. The van der Waals surface area contributed by atoms with Gasteiger partial charge in [0.15, 0.2) is 24.6 Å². The van der Waals surface area contributed by atoms with Crippen LogP contribution in [0.2, 0.25) is 0 Å². The number of esters is 3. The molecule has 12 heteroatoms. The van der Waals surface area contributed by atoms with E-state index >= 15 is 0 Å². The number of rotatable bonds is 51. The molecule has 0 aromatic heterocycles. The summed E-state index contributed by atoms with van der Waals surface area (Å²) < 4.78 is 28.4. The topological polar surface area (TPSA) is 175 Å². The molecule has 0 bridgehead atoms. The smallest absolute Gasteiger partial charge is 0.335 e. The highest BCUT2D eigenvalue weighted by molar-refractivity contribution is 5.74. The first-order valence-electron chi connectivity index (χ1n) is 31.2. The van der Waals surface area contributed by atoms with Crippen molar-refractivity contribution in [2.75, 3.05) is 13.2 Å². The number of carboxylic acid groups (broad SMARTS) is 1. The molecule has 1 fully saturated rings. The lowest BCUT2D eigenvalue weighted by atomic mass is 9.98. The van der Waals surface area contributed by atoms with Crippen LogP contribution in [0.1, 0.15) is 226 Å². The molecule has 1 aliphatic heterocycles. The summed E-state index contributed by atoms with van der Waals surface area (Å²) >= 11 is 0. The van der Waals surface area contributed by atoms with Crippen molar-refractivity contribution in [1.29, 1.82) is 0 Å². The predicted molar refractivity (Wildman–Crippen MR) is 330 cm³/mol. The van der Waals surface area contributed by atoms with Gasteiger partial charge in [-0.05, 0) is 122 Å². The molecule has 0 saturated carbocycles. The molecule has 456 valence electrons. The molecular weight excluding hydrogens is 1020 g/mol. The van der Waals surface area contributed by atoms with E-state index in [2.05, 4.69) is 136 Å². The zero-order chi connectivity index (χ0) is 58.9. The van der Waals surface area contributed by atoms with Gasteiger partial charge >= 0.3 is 23.9 Å². The van der Waals surface area contributed by atoms with Gasteiger partial charge in [0.2, 0.25) is 0 Å². The molecular formula is C69H108O12. The largest absolute Gasteiger partial charge is 0.479 e. The van der Waals surface area contributed by atoms with Gasteiger partial charge in [-0.2, -0.15) is 0 Å². The van der Waals surface area contributed by atoms with E-state index in [1.54, 1.807) is 0 Å². The summed E-state index contributed by atoms with van der Waals surface area (Å²) in [6, 6.07) is 0. The van der Waals surface area contributed by atoms with Crippen molar-refractivity contribution in [1.82, 2.24) is 0 Å². The quantitative estimate of drug-likeness (QED) is 0.0228. The maximum absolute atomic E-state index is 13.2. The SMILES string of the molecule is CC/C=C\C/C=C\C/C=C\C/C=C\C/C=C\CCCC(=O)OCC(COC1OC(C(=O)O)C(O)C(O)C1OC(=O)CCCCCCCCC/C=C\CCCCCCCC)OC(=O)CCC/C=C\C/C=C\C/C=C\C/C=C\C/C=C\CC. The summed E-state index contributed by atoms with van der Waals surface area (Å²) in [5.74, 6) is -3.30. The van der Waals surface area contributed by atoms with Gasteiger partial charge in [-0.1, -0.05) is 219 Å². The van der Waals surface area contributed by atoms with Crippen LogP contribution in [0.4, 0.5) is 0 Å². The summed E-state index contributed by atoms with van der Waals surface area (Å²) in [6.07, 6.45) is 65.7. The Morgan fingerprint density at radius 2 is 0.790 bits per heavy atom. The van der Waals surface area contributed by atoms with Crippen LogP contribution in [-0.4, -0.2) is 89.2 Å². The van der Waals surface area contributed by atoms with Crippen molar-refractivity contribution in [2.45, 2.75) is 263 Å². The number of unbranched alkanes of at least 4 members (excludes halogenated alkanes) is 15. The van der Waals surface area contributed by atoms with E-state index in [9.17, 15) is 34.5 Å². The summed E-state index contributed by atoms with van der Waals surface area (Å²) in [4.78, 5) is 51.2. The van der Waals surface area contributed by atoms with Crippen LogP contribution >= 0.6 is 0 Å². The highest BCUT2D eigenvalue weighted by Gasteiger charge is 2.50. The number of carbonyl (C=O) groups is 4. The lowest BCUT2D eigenvalue weighted by Gasteiger charge is -2.40. The highest BCUT2D eigenvalue weighted by atomic mass is 16.7. The Balaban J connectivity index is 2.76. The van der Waals surface area contributed by atoms with Crippen LogP contribution < -0.4 is 0 Å². The normalized spacial score (nSPS) is 18.7. The van der Waals surface area contributed by atoms with E-state index in [-0.39, 0.29) is 25.9 Å². The van der Waals surface area contributed by atoms with Gasteiger partial charge in [-0.3, -0.25) is 14.4 Å². The van der Waals surface area contributed by atoms with Crippen molar-refractivity contribution < 1.29 is 58.2 Å². The molecule has 0 aromatic carbocycles. The average Bonchev–Trinajstić information content (AvgIpc) is 3.53. The fourth-order valence-electron chi connectivity index (χ4n) is 8.49. The van der Waals surface area contributed by atoms with Crippen molar-refractivity contribution in [3.8, 4) is 0 Å². The van der Waals surface area contributed by atoms with Gasteiger partial charge < -0.3 is 39.0 Å². The van der Waals surface area contributed by atoms with Gasteiger partial charge in [0, 0.05) is 19.3 Å². The van der Waals surface area contributed by atoms with E-state index in [1.165, 1.54) is 38.5 Å². The van der Waals surface area contributed by atoms with E-state index in [4.69, 9.17) is 23.7 Å². The molecule has 0 amide bonds. The molecule has 12 nitrogen and oxygen atoms in total. The molecule has 1 aliphatic rings. The highest BCUT2D eigenvalue weighted by Crippen LogP contribution is 2.26. The molecule has 6 unspecified atom stereocenters. The molecule has 3 N–H and O–H groups in total. The Morgan fingerprint density at radius 1 is 0.420 bits per heavy atom. The second-order valence-corrected chi connectivity index (χ2v) is 20.6. The predicted octanol–water partition coefficient (Wildman–Crippen LogP) is 16.6. The van der Waals surface area contributed by atoms with Gasteiger partial charge in [-0.15, -0.1) is 0 Å². The Hall–Kier alpha value is -5.14. The summed E-state index contributed by atoms with van der Waals surface area (Å²) in [5, 5.41) is 31.6. The lowest BCUT2D eigenvalue weighted by Crippen LogP contribution is -2.61. The molecule has 0 radical (unpaired) electrons. The number of hydrogen-bond donors (Lipinski definition) is 3. The monoisotopic (exact) mass is 1130 g/mol. The zero-order valence-electron chi connectivity index (χ0n) is 50.2. The third-order valence-corrected chi connectivity index (χ3v) is 13.2. The molecule has 0 spiro atoms. The van der Waals surface area contributed by atoms with Crippen molar-refractivity contribution in [3.63, 3.8) is 0 Å². The number of aliphatic hydroxyl groups is 2. The maximum atomic E-state index is 13.2. The van der Waals surface area contributed by atoms with Gasteiger partial charge in [0.25, 0.3) is 0 Å². The van der Waals surface area contributed by atoms with Crippen LogP contribution in [0.25, 0.3) is 0 Å². The molecule has 0 aliphatic carbocycles. The second kappa shape index (κ2) is 55.4. The van der Waals surface area contributed by atoms with Crippen LogP contribution in [0.3, 0.4) is 0 Å². The fourth-order valence-corrected chi connectivity index (χ4v) is 8.49. The molecule has 1 saturated heterocycles. The van der Waals surface area contributed by atoms with E-state index in [0.29, 0.717) is 32.1 Å². The number of carboxylic acids is 1. The molecule has 1 rings (SSSR count). The number of aliphatic carboxylic acids is 1. The summed E-state index contributed by atoms with van der Waals surface area (Å²) in [5.41, 5.74) is 0. The first-order chi connectivity index (χ1) is 39.6. The third kappa shape index (κ3) is 45.1. The Kier molecular flexibility index (Phi) is 50.5. The number of hydrogen-bond acceptors (Lipinski definition) is 11.